The van der Waals surface area contributed by atoms with Crippen LogP contribution in [0.25, 0.3) is 11.5 Å². The Hall–Kier alpha value is -2.22. The van der Waals surface area contributed by atoms with Crippen LogP contribution in [-0.4, -0.2) is 52.0 Å². The molecule has 0 saturated carbocycles. The first-order valence-corrected chi connectivity index (χ1v) is 9.58. The number of hydrogen-bond donors (Lipinski definition) is 0. The summed E-state index contributed by atoms with van der Waals surface area (Å²) in [6, 6.07) is 11.1. The monoisotopic (exact) mass is 388 g/mol. The summed E-state index contributed by atoms with van der Waals surface area (Å²) in [5.41, 5.74) is 0.847. The van der Waals surface area contributed by atoms with Crippen molar-refractivity contribution in [3.05, 3.63) is 57.5 Å². The van der Waals surface area contributed by atoms with Crippen molar-refractivity contribution in [1.29, 1.82) is 0 Å². The van der Waals surface area contributed by atoms with E-state index in [4.69, 9.17) is 16.1 Å². The number of hydrogen-bond acceptors (Lipinski definition) is 6. The van der Waals surface area contributed by atoms with Crippen LogP contribution in [0.1, 0.15) is 15.5 Å². The van der Waals surface area contributed by atoms with Gasteiger partial charge in [0.05, 0.1) is 11.4 Å². The maximum Gasteiger partial charge on any atom is 0.264 e. The molecule has 3 aromatic rings. The molecule has 26 heavy (non-hydrogen) atoms. The second kappa shape index (κ2) is 7.57. The molecule has 0 unspecified atom stereocenters. The standard InChI is InChI=1S/C18H17ClN4O2S/c19-14-5-3-13(4-6-14)17-20-16(21-25-17)12-22-7-9-23(10-8-22)18(24)15-2-1-11-26-15/h1-6,11H,7-10,12H2. The smallest absolute Gasteiger partial charge is 0.264 e. The van der Waals surface area contributed by atoms with E-state index in [1.807, 2.05) is 34.5 Å². The lowest BCUT2D eigenvalue weighted by atomic mass is 10.2. The first-order chi connectivity index (χ1) is 12.7. The summed E-state index contributed by atoms with van der Waals surface area (Å²) in [5, 5.41) is 6.66. The number of nitrogens with zero attached hydrogens (tertiary/aromatic N) is 4. The summed E-state index contributed by atoms with van der Waals surface area (Å²) in [4.78, 5) is 21.8. The number of piperazine rings is 1. The molecule has 0 radical (unpaired) electrons. The molecule has 4 rings (SSSR count). The van der Waals surface area contributed by atoms with Gasteiger partial charge in [-0.1, -0.05) is 22.8 Å². The van der Waals surface area contributed by atoms with Crippen LogP contribution in [0.5, 0.6) is 0 Å². The lowest BCUT2D eigenvalue weighted by Crippen LogP contribution is -2.48. The van der Waals surface area contributed by atoms with E-state index in [9.17, 15) is 4.79 Å². The Balaban J connectivity index is 1.33. The van der Waals surface area contributed by atoms with Crippen molar-refractivity contribution in [2.24, 2.45) is 0 Å². The van der Waals surface area contributed by atoms with Crippen molar-refractivity contribution in [2.75, 3.05) is 26.2 Å². The van der Waals surface area contributed by atoms with Crippen molar-refractivity contribution in [2.45, 2.75) is 6.54 Å². The van der Waals surface area contributed by atoms with Crippen LogP contribution in [0.3, 0.4) is 0 Å². The van der Waals surface area contributed by atoms with E-state index in [1.54, 1.807) is 12.1 Å². The van der Waals surface area contributed by atoms with Crippen LogP contribution >= 0.6 is 22.9 Å². The Kier molecular flexibility index (Phi) is 5.01. The van der Waals surface area contributed by atoms with E-state index in [1.165, 1.54) is 11.3 Å². The number of aromatic nitrogens is 2. The van der Waals surface area contributed by atoms with E-state index in [0.29, 0.717) is 36.4 Å². The summed E-state index contributed by atoms with van der Waals surface area (Å²) in [5.74, 6) is 1.25. The highest BCUT2D eigenvalue weighted by atomic mass is 35.5. The Bertz CT molecular complexity index is 871. The van der Waals surface area contributed by atoms with Gasteiger partial charge in [-0.05, 0) is 35.7 Å². The fourth-order valence-corrected chi connectivity index (χ4v) is 3.71. The third kappa shape index (κ3) is 3.80. The summed E-state index contributed by atoms with van der Waals surface area (Å²) < 4.78 is 5.35. The third-order valence-corrected chi connectivity index (χ3v) is 5.43. The topological polar surface area (TPSA) is 62.5 Å². The summed E-state index contributed by atoms with van der Waals surface area (Å²) in [7, 11) is 0. The number of carbonyl (C=O) groups excluding carboxylic acids is 1. The van der Waals surface area contributed by atoms with E-state index in [2.05, 4.69) is 15.0 Å². The first kappa shape index (κ1) is 17.2. The highest BCUT2D eigenvalue weighted by Crippen LogP contribution is 2.20. The van der Waals surface area contributed by atoms with Crippen LogP contribution in [0.2, 0.25) is 5.02 Å². The molecule has 1 aliphatic rings. The van der Waals surface area contributed by atoms with Gasteiger partial charge in [0, 0.05) is 36.8 Å². The zero-order chi connectivity index (χ0) is 17.9. The van der Waals surface area contributed by atoms with Crippen LogP contribution in [0.4, 0.5) is 0 Å². The average Bonchev–Trinajstić information content (AvgIpc) is 3.35. The van der Waals surface area contributed by atoms with Gasteiger partial charge in [-0.2, -0.15) is 4.98 Å². The zero-order valence-electron chi connectivity index (χ0n) is 14.0. The minimum absolute atomic E-state index is 0.115. The number of halogens is 1. The molecule has 8 heteroatoms. The van der Waals surface area contributed by atoms with Gasteiger partial charge in [0.25, 0.3) is 11.8 Å². The van der Waals surface area contributed by atoms with Gasteiger partial charge in [0.1, 0.15) is 0 Å². The highest BCUT2D eigenvalue weighted by molar-refractivity contribution is 7.12. The van der Waals surface area contributed by atoms with Gasteiger partial charge in [0.2, 0.25) is 0 Å². The molecule has 1 saturated heterocycles. The maximum absolute atomic E-state index is 12.4. The minimum atomic E-state index is 0.115. The predicted molar refractivity (Wildman–Crippen MR) is 100 cm³/mol. The molecule has 3 heterocycles. The Morgan fingerprint density at radius 2 is 1.92 bits per heavy atom. The fraction of sp³-hybridized carbons (Fsp3) is 0.278. The summed E-state index contributed by atoms with van der Waals surface area (Å²) in [6.45, 7) is 3.61. The first-order valence-electron chi connectivity index (χ1n) is 8.33. The van der Waals surface area contributed by atoms with Gasteiger partial charge in [0.15, 0.2) is 5.82 Å². The van der Waals surface area contributed by atoms with Crippen LogP contribution in [0.15, 0.2) is 46.3 Å². The van der Waals surface area contributed by atoms with E-state index < -0.39 is 0 Å². The van der Waals surface area contributed by atoms with Gasteiger partial charge in [-0.25, -0.2) is 0 Å². The number of carbonyl (C=O) groups is 1. The molecule has 6 nitrogen and oxygen atoms in total. The van der Waals surface area contributed by atoms with E-state index in [-0.39, 0.29) is 5.91 Å². The normalized spacial score (nSPS) is 15.3. The molecule has 0 N–H and O–H groups in total. The second-order valence-corrected chi connectivity index (χ2v) is 7.45. The second-order valence-electron chi connectivity index (χ2n) is 6.07. The van der Waals surface area contributed by atoms with Gasteiger partial charge < -0.3 is 9.42 Å². The summed E-state index contributed by atoms with van der Waals surface area (Å²) in [6.07, 6.45) is 0. The van der Waals surface area contributed by atoms with Crippen molar-refractivity contribution >= 4 is 28.8 Å². The molecule has 1 fully saturated rings. The molecule has 2 aromatic heterocycles. The molecular formula is C18H17ClN4O2S. The van der Waals surface area contributed by atoms with Crippen molar-refractivity contribution in [1.82, 2.24) is 19.9 Å². The van der Waals surface area contributed by atoms with Gasteiger partial charge in [-0.3, -0.25) is 9.69 Å². The molecule has 0 atom stereocenters. The Morgan fingerprint density at radius 3 is 2.62 bits per heavy atom. The SMILES string of the molecule is O=C(c1cccs1)N1CCN(Cc2noc(-c3ccc(Cl)cc3)n2)CC1. The molecular weight excluding hydrogens is 372 g/mol. The van der Waals surface area contributed by atoms with Gasteiger partial charge in [-0.15, -0.1) is 11.3 Å². The number of thiophene rings is 1. The predicted octanol–water partition coefficient (Wildman–Crippen LogP) is 3.41. The molecule has 1 amide bonds. The number of amides is 1. The van der Waals surface area contributed by atoms with Crippen molar-refractivity contribution in [3.8, 4) is 11.5 Å². The quantitative estimate of drug-likeness (QED) is 0.685. The van der Waals surface area contributed by atoms with Crippen LogP contribution < -0.4 is 0 Å². The van der Waals surface area contributed by atoms with Crippen LogP contribution in [-0.2, 0) is 6.54 Å². The maximum atomic E-state index is 12.4. The number of benzene rings is 1. The molecule has 1 aliphatic heterocycles. The molecule has 134 valence electrons. The van der Waals surface area contributed by atoms with Crippen molar-refractivity contribution in [3.63, 3.8) is 0 Å². The van der Waals surface area contributed by atoms with E-state index in [0.717, 1.165) is 23.5 Å². The molecule has 0 spiro atoms. The zero-order valence-corrected chi connectivity index (χ0v) is 15.5. The average molecular weight is 389 g/mol. The Morgan fingerprint density at radius 1 is 1.15 bits per heavy atom. The Labute approximate surface area is 160 Å². The minimum Gasteiger partial charge on any atom is -0.335 e. The van der Waals surface area contributed by atoms with Crippen LogP contribution in [0, 0.1) is 0 Å². The van der Waals surface area contributed by atoms with Gasteiger partial charge >= 0.3 is 0 Å². The van der Waals surface area contributed by atoms with E-state index >= 15 is 0 Å². The highest BCUT2D eigenvalue weighted by Gasteiger charge is 2.23. The summed E-state index contributed by atoms with van der Waals surface area (Å²) >= 11 is 7.38. The molecule has 1 aromatic carbocycles. The third-order valence-electron chi connectivity index (χ3n) is 4.32. The molecule has 0 aliphatic carbocycles. The fourth-order valence-electron chi connectivity index (χ4n) is 2.89. The van der Waals surface area contributed by atoms with Crippen molar-refractivity contribution < 1.29 is 9.32 Å². The molecule has 0 bridgehead atoms. The number of rotatable bonds is 4. The largest absolute Gasteiger partial charge is 0.335 e. The lowest BCUT2D eigenvalue weighted by molar-refractivity contribution is 0.0629. The lowest BCUT2D eigenvalue weighted by Gasteiger charge is -2.33.